The topological polar surface area (TPSA) is 21.3 Å². The highest BCUT2D eigenvalue weighted by atomic mass is 35.5. The molecule has 1 rings (SSSR count). The van der Waals surface area contributed by atoms with E-state index in [2.05, 4.69) is 10.3 Å². The first-order chi connectivity index (χ1) is 7.03. The predicted octanol–water partition coefficient (Wildman–Crippen LogP) is 3.25. The van der Waals surface area contributed by atoms with Gasteiger partial charge >= 0.3 is 6.18 Å². The molecule has 1 unspecified atom stereocenters. The molecule has 0 aromatic heterocycles. The number of halogens is 4. The van der Waals surface area contributed by atoms with Crippen molar-refractivity contribution in [1.29, 1.82) is 0 Å². The van der Waals surface area contributed by atoms with E-state index < -0.39 is 18.6 Å². The van der Waals surface area contributed by atoms with E-state index in [0.717, 1.165) is 0 Å². The lowest BCUT2D eigenvalue weighted by Gasteiger charge is -2.19. The van der Waals surface area contributed by atoms with Crippen LogP contribution in [0.4, 0.5) is 13.2 Å². The highest BCUT2D eigenvalue weighted by molar-refractivity contribution is 5.85. The van der Waals surface area contributed by atoms with Crippen LogP contribution in [-0.2, 0) is 4.84 Å². The third-order valence-electron chi connectivity index (χ3n) is 1.90. The molecule has 0 radical (unpaired) electrons. The lowest BCUT2D eigenvalue weighted by Crippen LogP contribution is -2.25. The van der Waals surface area contributed by atoms with Crippen LogP contribution >= 0.6 is 12.4 Å². The van der Waals surface area contributed by atoms with Gasteiger partial charge in [-0.2, -0.15) is 18.7 Å². The van der Waals surface area contributed by atoms with Crippen LogP contribution in [0.1, 0.15) is 18.0 Å². The first-order valence-electron chi connectivity index (χ1n) is 4.43. The molecule has 0 saturated carbocycles. The zero-order chi connectivity index (χ0) is 11.3. The van der Waals surface area contributed by atoms with Gasteiger partial charge in [0, 0.05) is 0 Å². The lowest BCUT2D eigenvalue weighted by atomic mass is 10.0. The highest BCUT2D eigenvalue weighted by Gasteiger charge is 2.32. The summed E-state index contributed by atoms with van der Waals surface area (Å²) in [5.74, 6) is 0. The van der Waals surface area contributed by atoms with Gasteiger partial charge in [-0.3, -0.25) is 0 Å². The van der Waals surface area contributed by atoms with Crippen LogP contribution in [0.2, 0.25) is 0 Å². The molecule has 2 nitrogen and oxygen atoms in total. The minimum Gasteiger partial charge on any atom is -0.305 e. The van der Waals surface area contributed by atoms with E-state index in [9.17, 15) is 13.2 Å². The minimum absolute atomic E-state index is 0. The summed E-state index contributed by atoms with van der Waals surface area (Å²) in [6.07, 6.45) is -5.17. The van der Waals surface area contributed by atoms with E-state index in [0.29, 0.717) is 5.56 Å². The minimum atomic E-state index is -4.22. The molecule has 92 valence electrons. The predicted molar refractivity (Wildman–Crippen MR) is 57.2 cm³/mol. The van der Waals surface area contributed by atoms with Crippen LogP contribution in [-0.4, -0.2) is 13.3 Å². The molecule has 6 heteroatoms. The van der Waals surface area contributed by atoms with Gasteiger partial charge < -0.3 is 4.84 Å². The van der Waals surface area contributed by atoms with Crippen molar-refractivity contribution in [1.82, 2.24) is 5.48 Å². The standard InChI is InChI=1S/C10H12F3NO.ClH/c1-15-14-9(7-10(11,12)13)8-5-3-2-4-6-8;/h2-6,9,14H,7H2,1H3;1H. The van der Waals surface area contributed by atoms with Crippen molar-refractivity contribution in [3.8, 4) is 0 Å². The third kappa shape index (κ3) is 5.34. The molecule has 0 bridgehead atoms. The van der Waals surface area contributed by atoms with Crippen molar-refractivity contribution in [3.63, 3.8) is 0 Å². The van der Waals surface area contributed by atoms with Crippen LogP contribution < -0.4 is 5.48 Å². The second-order valence-electron chi connectivity index (χ2n) is 3.10. The van der Waals surface area contributed by atoms with E-state index >= 15 is 0 Å². The van der Waals surface area contributed by atoms with Crippen molar-refractivity contribution >= 4 is 12.4 Å². The number of hydrogen-bond acceptors (Lipinski definition) is 2. The third-order valence-corrected chi connectivity index (χ3v) is 1.90. The van der Waals surface area contributed by atoms with E-state index in [-0.39, 0.29) is 12.4 Å². The number of nitrogens with one attached hydrogen (secondary N) is 1. The lowest BCUT2D eigenvalue weighted by molar-refractivity contribution is -0.148. The molecular weight excluding hydrogens is 243 g/mol. The fraction of sp³-hybridized carbons (Fsp3) is 0.400. The molecule has 1 N–H and O–H groups in total. The second-order valence-corrected chi connectivity index (χ2v) is 3.10. The van der Waals surface area contributed by atoms with E-state index in [1.807, 2.05) is 0 Å². The average Bonchev–Trinajstić information content (AvgIpc) is 2.17. The molecule has 1 aromatic carbocycles. The fourth-order valence-electron chi connectivity index (χ4n) is 1.29. The summed E-state index contributed by atoms with van der Waals surface area (Å²) in [4.78, 5) is 4.55. The maximum absolute atomic E-state index is 12.2. The SMILES string of the molecule is CONC(CC(F)(F)F)c1ccccc1.Cl. The van der Waals surface area contributed by atoms with Crippen LogP contribution in [0.15, 0.2) is 30.3 Å². The molecule has 0 spiro atoms. The van der Waals surface area contributed by atoms with E-state index in [1.165, 1.54) is 7.11 Å². The smallest absolute Gasteiger partial charge is 0.305 e. The molecule has 16 heavy (non-hydrogen) atoms. The Morgan fingerprint density at radius 3 is 2.25 bits per heavy atom. The van der Waals surface area contributed by atoms with Crippen molar-refractivity contribution in [2.45, 2.75) is 18.6 Å². The quantitative estimate of drug-likeness (QED) is 0.834. The molecular formula is C10H13ClF3NO. The monoisotopic (exact) mass is 255 g/mol. The zero-order valence-electron chi connectivity index (χ0n) is 8.62. The molecule has 0 heterocycles. The van der Waals surface area contributed by atoms with Crippen molar-refractivity contribution in [2.75, 3.05) is 7.11 Å². The summed E-state index contributed by atoms with van der Waals surface area (Å²) < 4.78 is 36.7. The Bertz CT molecular complexity index is 292. The Hall–Kier alpha value is -0.780. The van der Waals surface area contributed by atoms with Crippen molar-refractivity contribution in [2.24, 2.45) is 0 Å². The zero-order valence-corrected chi connectivity index (χ0v) is 9.44. The van der Waals surface area contributed by atoms with Crippen LogP contribution in [0.5, 0.6) is 0 Å². The summed E-state index contributed by atoms with van der Waals surface area (Å²) in [6, 6.07) is 7.52. The summed E-state index contributed by atoms with van der Waals surface area (Å²) in [5, 5.41) is 0. The van der Waals surface area contributed by atoms with Gasteiger partial charge in [0.15, 0.2) is 0 Å². The molecule has 0 amide bonds. The Morgan fingerprint density at radius 2 is 1.81 bits per heavy atom. The van der Waals surface area contributed by atoms with Gasteiger partial charge in [-0.25, -0.2) is 0 Å². The Balaban J connectivity index is 0.00000225. The molecule has 0 fully saturated rings. The number of benzene rings is 1. The molecule has 1 atom stereocenters. The van der Waals surface area contributed by atoms with Gasteiger partial charge in [0.05, 0.1) is 19.6 Å². The Morgan fingerprint density at radius 1 is 1.25 bits per heavy atom. The molecule has 0 aliphatic carbocycles. The van der Waals surface area contributed by atoms with Gasteiger partial charge in [0.2, 0.25) is 0 Å². The van der Waals surface area contributed by atoms with Gasteiger partial charge in [0.25, 0.3) is 0 Å². The maximum Gasteiger partial charge on any atom is 0.391 e. The molecule has 1 aromatic rings. The number of rotatable bonds is 4. The summed E-state index contributed by atoms with van der Waals surface area (Å²) in [7, 11) is 1.30. The van der Waals surface area contributed by atoms with Crippen molar-refractivity contribution < 1.29 is 18.0 Å². The first-order valence-corrected chi connectivity index (χ1v) is 4.43. The summed E-state index contributed by atoms with van der Waals surface area (Å²) >= 11 is 0. The van der Waals surface area contributed by atoms with E-state index in [1.54, 1.807) is 30.3 Å². The average molecular weight is 256 g/mol. The summed E-state index contributed by atoms with van der Waals surface area (Å²) in [6.45, 7) is 0. The fourth-order valence-corrected chi connectivity index (χ4v) is 1.29. The Kier molecular flexibility index (Phi) is 6.40. The highest BCUT2D eigenvalue weighted by Crippen LogP contribution is 2.29. The molecule has 0 aliphatic rings. The van der Waals surface area contributed by atoms with Gasteiger partial charge in [-0.1, -0.05) is 30.3 Å². The van der Waals surface area contributed by atoms with E-state index in [4.69, 9.17) is 0 Å². The largest absolute Gasteiger partial charge is 0.391 e. The van der Waals surface area contributed by atoms with Gasteiger partial charge in [-0.15, -0.1) is 12.4 Å². The van der Waals surface area contributed by atoms with Gasteiger partial charge in [0.1, 0.15) is 0 Å². The van der Waals surface area contributed by atoms with Gasteiger partial charge in [-0.05, 0) is 5.56 Å². The van der Waals surface area contributed by atoms with Crippen LogP contribution in [0.25, 0.3) is 0 Å². The first kappa shape index (κ1) is 15.2. The number of hydrogen-bond donors (Lipinski definition) is 1. The molecule has 0 aliphatic heterocycles. The maximum atomic E-state index is 12.2. The van der Waals surface area contributed by atoms with Crippen molar-refractivity contribution in [3.05, 3.63) is 35.9 Å². The second kappa shape index (κ2) is 6.73. The summed E-state index contributed by atoms with van der Waals surface area (Å²) in [5.41, 5.74) is 2.89. The normalized spacial score (nSPS) is 13.0. The Labute approximate surface area is 98.2 Å². The molecule has 0 saturated heterocycles. The van der Waals surface area contributed by atoms with Crippen LogP contribution in [0.3, 0.4) is 0 Å². The number of hydroxylamine groups is 1. The number of alkyl halides is 3. The van der Waals surface area contributed by atoms with Crippen LogP contribution in [0, 0.1) is 0 Å².